The molecule has 5 nitrogen and oxygen atoms in total. The predicted octanol–water partition coefficient (Wildman–Crippen LogP) is 0.463. The van der Waals surface area contributed by atoms with Crippen molar-refractivity contribution in [3.8, 4) is 0 Å². The summed E-state index contributed by atoms with van der Waals surface area (Å²) in [6, 6.07) is 5.52. The molecule has 0 amide bonds. The summed E-state index contributed by atoms with van der Waals surface area (Å²) < 4.78 is 26.4. The first kappa shape index (κ1) is 14.2. The number of hydrogen-bond acceptors (Lipinski definition) is 4. The predicted molar refractivity (Wildman–Crippen MR) is 75.3 cm³/mol. The van der Waals surface area contributed by atoms with Crippen LogP contribution in [0.5, 0.6) is 0 Å². The highest BCUT2D eigenvalue weighted by Crippen LogP contribution is 2.04. The van der Waals surface area contributed by atoms with Gasteiger partial charge >= 0.3 is 0 Å². The second-order valence-electron chi connectivity index (χ2n) is 4.53. The number of nitrogens with one attached hydrogen (secondary N) is 2. The Labute approximate surface area is 114 Å². The lowest BCUT2D eigenvalue weighted by Gasteiger charge is -2.14. The molecule has 1 aliphatic heterocycles. The van der Waals surface area contributed by atoms with Crippen LogP contribution >= 0.6 is 0 Å². The van der Waals surface area contributed by atoms with Gasteiger partial charge in [0.25, 0.3) is 0 Å². The van der Waals surface area contributed by atoms with Crippen molar-refractivity contribution in [3.63, 3.8) is 0 Å². The van der Waals surface area contributed by atoms with E-state index in [9.17, 15) is 8.42 Å². The van der Waals surface area contributed by atoms with E-state index in [2.05, 4.69) is 15.0 Å². The van der Waals surface area contributed by atoms with Crippen LogP contribution in [-0.2, 0) is 16.4 Å². The molecule has 0 fully saturated rings. The SMILES string of the molecule is O=S(=O)(CCc1ccccn1)NCC1=CCNCC1. The summed E-state index contributed by atoms with van der Waals surface area (Å²) in [6.07, 6.45) is 5.07. The van der Waals surface area contributed by atoms with Gasteiger partial charge in [0, 0.05) is 31.4 Å². The summed E-state index contributed by atoms with van der Waals surface area (Å²) in [6.45, 7) is 2.17. The van der Waals surface area contributed by atoms with Gasteiger partial charge in [-0.1, -0.05) is 17.7 Å². The summed E-state index contributed by atoms with van der Waals surface area (Å²) in [7, 11) is -3.23. The zero-order valence-corrected chi connectivity index (χ0v) is 11.6. The monoisotopic (exact) mass is 281 g/mol. The maximum atomic E-state index is 11.9. The standard InChI is InChI=1S/C13H19N3O2S/c17-19(18,10-6-13-3-1-2-7-15-13)16-11-12-4-8-14-9-5-12/h1-4,7,14,16H,5-6,8-11H2. The van der Waals surface area contributed by atoms with Crippen molar-refractivity contribution in [2.45, 2.75) is 12.8 Å². The third-order valence-corrected chi connectivity index (χ3v) is 4.36. The highest BCUT2D eigenvalue weighted by molar-refractivity contribution is 7.89. The molecule has 1 aliphatic rings. The molecule has 0 bridgehead atoms. The first-order valence-corrected chi connectivity index (χ1v) is 8.07. The Balaban J connectivity index is 1.80. The van der Waals surface area contributed by atoms with Gasteiger partial charge in [0.05, 0.1) is 5.75 Å². The number of hydrogen-bond donors (Lipinski definition) is 2. The van der Waals surface area contributed by atoms with E-state index in [0.29, 0.717) is 13.0 Å². The lowest BCUT2D eigenvalue weighted by atomic mass is 10.1. The topological polar surface area (TPSA) is 71.1 Å². The fraction of sp³-hybridized carbons (Fsp3) is 0.462. The van der Waals surface area contributed by atoms with Gasteiger partial charge in [-0.05, 0) is 25.1 Å². The molecular formula is C13H19N3O2S. The third-order valence-electron chi connectivity index (χ3n) is 3.03. The molecule has 1 aromatic rings. The molecule has 2 N–H and O–H groups in total. The van der Waals surface area contributed by atoms with E-state index in [0.717, 1.165) is 30.8 Å². The Morgan fingerprint density at radius 1 is 1.37 bits per heavy atom. The van der Waals surface area contributed by atoms with Gasteiger partial charge in [-0.3, -0.25) is 4.98 Å². The number of nitrogens with zero attached hydrogens (tertiary/aromatic N) is 1. The minimum atomic E-state index is -3.23. The molecule has 19 heavy (non-hydrogen) atoms. The van der Waals surface area contributed by atoms with Gasteiger partial charge in [0.1, 0.15) is 0 Å². The Morgan fingerprint density at radius 3 is 2.95 bits per heavy atom. The van der Waals surface area contributed by atoms with Gasteiger partial charge in [-0.15, -0.1) is 0 Å². The van der Waals surface area contributed by atoms with Crippen LogP contribution in [0.1, 0.15) is 12.1 Å². The number of aromatic nitrogens is 1. The van der Waals surface area contributed by atoms with Gasteiger partial charge in [-0.25, -0.2) is 13.1 Å². The Morgan fingerprint density at radius 2 is 2.26 bits per heavy atom. The lowest BCUT2D eigenvalue weighted by Crippen LogP contribution is -2.31. The van der Waals surface area contributed by atoms with E-state index in [4.69, 9.17) is 0 Å². The molecule has 0 aliphatic carbocycles. The van der Waals surface area contributed by atoms with Crippen molar-refractivity contribution in [1.82, 2.24) is 15.0 Å². The van der Waals surface area contributed by atoms with E-state index in [1.165, 1.54) is 0 Å². The number of rotatable bonds is 6. The second kappa shape index (κ2) is 6.79. The smallest absolute Gasteiger partial charge is 0.212 e. The summed E-state index contributed by atoms with van der Waals surface area (Å²) >= 11 is 0. The van der Waals surface area contributed by atoms with Crippen LogP contribution < -0.4 is 10.0 Å². The molecule has 2 rings (SSSR count). The van der Waals surface area contributed by atoms with E-state index >= 15 is 0 Å². The quantitative estimate of drug-likeness (QED) is 0.743. The molecule has 104 valence electrons. The maximum Gasteiger partial charge on any atom is 0.212 e. The Hall–Kier alpha value is -1.24. The van der Waals surface area contributed by atoms with E-state index in [1.54, 1.807) is 6.20 Å². The third kappa shape index (κ3) is 5.10. The zero-order chi connectivity index (χ0) is 13.6. The minimum Gasteiger partial charge on any atom is -0.313 e. The summed E-state index contributed by atoms with van der Waals surface area (Å²) in [5, 5.41) is 3.20. The zero-order valence-electron chi connectivity index (χ0n) is 10.8. The fourth-order valence-electron chi connectivity index (χ4n) is 1.89. The average Bonchev–Trinajstić information content (AvgIpc) is 2.46. The van der Waals surface area contributed by atoms with Crippen molar-refractivity contribution in [1.29, 1.82) is 0 Å². The van der Waals surface area contributed by atoms with Gasteiger partial charge in [-0.2, -0.15) is 0 Å². The van der Waals surface area contributed by atoms with E-state index in [-0.39, 0.29) is 5.75 Å². The van der Waals surface area contributed by atoms with Crippen molar-refractivity contribution >= 4 is 10.0 Å². The molecule has 0 aromatic carbocycles. The summed E-state index contributed by atoms with van der Waals surface area (Å²) in [5.41, 5.74) is 1.95. The van der Waals surface area contributed by atoms with Crippen molar-refractivity contribution in [2.75, 3.05) is 25.4 Å². The molecule has 0 atom stereocenters. The van der Waals surface area contributed by atoms with Crippen LogP contribution in [0.4, 0.5) is 0 Å². The largest absolute Gasteiger partial charge is 0.313 e. The molecule has 0 saturated heterocycles. The molecular weight excluding hydrogens is 262 g/mol. The first-order valence-electron chi connectivity index (χ1n) is 6.41. The normalized spacial score (nSPS) is 16.1. The highest BCUT2D eigenvalue weighted by atomic mass is 32.2. The summed E-state index contributed by atoms with van der Waals surface area (Å²) in [4.78, 5) is 4.12. The van der Waals surface area contributed by atoms with Gasteiger partial charge in [0.2, 0.25) is 10.0 Å². The molecule has 2 heterocycles. The summed E-state index contributed by atoms with van der Waals surface area (Å²) in [5.74, 6) is 0.0789. The van der Waals surface area contributed by atoms with Crippen molar-refractivity contribution < 1.29 is 8.42 Å². The van der Waals surface area contributed by atoms with Crippen molar-refractivity contribution in [2.24, 2.45) is 0 Å². The van der Waals surface area contributed by atoms with E-state index < -0.39 is 10.0 Å². The Kier molecular flexibility index (Phi) is 5.07. The number of aryl methyl sites for hydroxylation is 1. The molecule has 1 aromatic heterocycles. The Bertz CT molecular complexity index is 526. The maximum absolute atomic E-state index is 11.9. The fourth-order valence-corrected chi connectivity index (χ4v) is 2.92. The second-order valence-corrected chi connectivity index (χ2v) is 6.45. The molecule has 0 radical (unpaired) electrons. The molecule has 0 spiro atoms. The number of sulfonamides is 1. The minimum absolute atomic E-state index is 0.0789. The van der Waals surface area contributed by atoms with Crippen LogP contribution in [0.2, 0.25) is 0 Å². The van der Waals surface area contributed by atoms with Crippen LogP contribution in [0, 0.1) is 0 Å². The molecule has 6 heteroatoms. The molecule has 0 unspecified atom stereocenters. The highest BCUT2D eigenvalue weighted by Gasteiger charge is 2.12. The van der Waals surface area contributed by atoms with Crippen molar-refractivity contribution in [3.05, 3.63) is 41.7 Å². The van der Waals surface area contributed by atoms with Gasteiger partial charge < -0.3 is 5.32 Å². The van der Waals surface area contributed by atoms with Crippen LogP contribution in [0.15, 0.2) is 36.0 Å². The number of pyridine rings is 1. The average molecular weight is 281 g/mol. The van der Waals surface area contributed by atoms with E-state index in [1.807, 2.05) is 24.3 Å². The molecule has 0 saturated carbocycles. The van der Waals surface area contributed by atoms with Crippen LogP contribution in [0.3, 0.4) is 0 Å². The first-order chi connectivity index (χ1) is 9.16. The van der Waals surface area contributed by atoms with Gasteiger partial charge in [0.15, 0.2) is 0 Å². The lowest BCUT2D eigenvalue weighted by molar-refractivity contribution is 0.581. The van der Waals surface area contributed by atoms with Crippen LogP contribution in [0.25, 0.3) is 0 Å². The van der Waals surface area contributed by atoms with Crippen LogP contribution in [-0.4, -0.2) is 38.8 Å².